The molecule has 1 aliphatic heterocycles. The third-order valence-electron chi connectivity index (χ3n) is 3.24. The molecule has 0 bridgehead atoms. The summed E-state index contributed by atoms with van der Waals surface area (Å²) in [6.45, 7) is 4.15. The van der Waals surface area contributed by atoms with Crippen LogP contribution in [0.1, 0.15) is 19.2 Å². The Kier molecular flexibility index (Phi) is 8.19. The Morgan fingerprint density at radius 3 is 3.00 bits per heavy atom. The number of rotatable bonds is 6. The van der Waals surface area contributed by atoms with Crippen molar-refractivity contribution in [3.63, 3.8) is 0 Å². The van der Waals surface area contributed by atoms with Gasteiger partial charge in [-0.15, -0.1) is 24.0 Å². The number of nitrogens with zero attached hydrogens (tertiary/aromatic N) is 4. The van der Waals surface area contributed by atoms with E-state index in [-0.39, 0.29) is 36.6 Å². The molecular formula is C12H24IN7O2S. The number of aryl methyl sites for hydroxylation is 1. The lowest BCUT2D eigenvalue weighted by atomic mass is 10.1. The average Bonchev–Trinajstić information content (AvgIpc) is 2.90. The number of hydrogen-bond donors (Lipinski definition) is 3. The molecule has 0 saturated carbocycles. The third kappa shape index (κ3) is 6.99. The summed E-state index contributed by atoms with van der Waals surface area (Å²) in [6.07, 6.45) is 4.56. The predicted molar refractivity (Wildman–Crippen MR) is 99.5 cm³/mol. The molecule has 0 fully saturated rings. The molecule has 2 heterocycles. The van der Waals surface area contributed by atoms with Crippen LogP contribution < -0.4 is 15.4 Å². The largest absolute Gasteiger partial charge is 0.357 e. The smallest absolute Gasteiger partial charge is 0.208 e. The lowest BCUT2D eigenvalue weighted by molar-refractivity contribution is 0.393. The molecule has 23 heavy (non-hydrogen) atoms. The molecule has 3 N–H and O–H groups in total. The van der Waals surface area contributed by atoms with Crippen molar-refractivity contribution >= 4 is 40.0 Å². The van der Waals surface area contributed by atoms with Gasteiger partial charge >= 0.3 is 0 Å². The summed E-state index contributed by atoms with van der Waals surface area (Å²) in [5.74, 6) is 1.70. The monoisotopic (exact) mass is 457 g/mol. The second kappa shape index (κ2) is 9.37. The molecule has 1 aromatic heterocycles. The number of nitrogens with one attached hydrogen (secondary N) is 3. The first-order chi connectivity index (χ1) is 10.5. The van der Waals surface area contributed by atoms with Gasteiger partial charge in [-0.3, -0.25) is 4.99 Å². The van der Waals surface area contributed by atoms with E-state index in [9.17, 15) is 8.42 Å². The lowest BCUT2D eigenvalue weighted by Gasteiger charge is -2.25. The zero-order chi connectivity index (χ0) is 16.0. The van der Waals surface area contributed by atoms with Gasteiger partial charge in [-0.05, 0) is 13.3 Å². The highest BCUT2D eigenvalue weighted by atomic mass is 127. The van der Waals surface area contributed by atoms with Crippen molar-refractivity contribution in [2.45, 2.75) is 32.4 Å². The number of aliphatic imine (C=N–C) groups is 1. The maximum absolute atomic E-state index is 11.0. The van der Waals surface area contributed by atoms with Crippen LogP contribution in [-0.4, -0.2) is 61.1 Å². The highest BCUT2D eigenvalue weighted by Gasteiger charge is 2.20. The number of aromatic nitrogens is 3. The molecule has 0 aromatic carbocycles. The highest BCUT2D eigenvalue weighted by molar-refractivity contribution is 14.0. The molecule has 0 saturated heterocycles. The summed E-state index contributed by atoms with van der Waals surface area (Å²) in [5.41, 5.74) is 0. The van der Waals surface area contributed by atoms with Crippen molar-refractivity contribution in [1.82, 2.24) is 30.1 Å². The Hall–Kier alpha value is -0.950. The zero-order valence-electron chi connectivity index (χ0n) is 13.3. The Labute approximate surface area is 153 Å². The van der Waals surface area contributed by atoms with E-state index in [2.05, 4.69) is 30.4 Å². The van der Waals surface area contributed by atoms with Crippen LogP contribution in [0.2, 0.25) is 0 Å². The fourth-order valence-electron chi connectivity index (χ4n) is 2.27. The SMILES string of the molecule is CCNC(=NCCNS(C)(=O)=O)NC1CCc2ncnn2C1.I. The second-order valence-corrected chi connectivity index (χ2v) is 7.00. The van der Waals surface area contributed by atoms with Gasteiger partial charge in [-0.1, -0.05) is 0 Å². The normalized spacial score (nSPS) is 18.0. The standard InChI is InChI=1S/C12H23N7O2S.HI/c1-3-13-12(14-6-7-17-22(2,20)21)18-10-4-5-11-15-9-16-19(11)8-10;/h9-10,17H,3-8H2,1-2H3,(H2,13,14,18);1H. The molecule has 1 unspecified atom stereocenters. The quantitative estimate of drug-likeness (QED) is 0.226. The van der Waals surface area contributed by atoms with E-state index in [1.54, 1.807) is 6.33 Å². The van der Waals surface area contributed by atoms with Gasteiger partial charge in [0.1, 0.15) is 12.2 Å². The first-order valence-electron chi connectivity index (χ1n) is 7.34. The van der Waals surface area contributed by atoms with Crippen LogP contribution in [0.4, 0.5) is 0 Å². The highest BCUT2D eigenvalue weighted by Crippen LogP contribution is 2.11. The molecule has 2 rings (SSSR count). The number of fused-ring (bicyclic) bond motifs is 1. The summed E-state index contributed by atoms with van der Waals surface area (Å²) >= 11 is 0. The van der Waals surface area contributed by atoms with Crippen molar-refractivity contribution in [3.8, 4) is 0 Å². The molecule has 1 aliphatic rings. The summed E-state index contributed by atoms with van der Waals surface area (Å²) in [6, 6.07) is 0.231. The average molecular weight is 457 g/mol. The molecule has 132 valence electrons. The van der Waals surface area contributed by atoms with Gasteiger partial charge in [-0.2, -0.15) is 5.10 Å². The third-order valence-corrected chi connectivity index (χ3v) is 3.96. The van der Waals surface area contributed by atoms with Crippen molar-refractivity contribution in [2.24, 2.45) is 4.99 Å². The van der Waals surface area contributed by atoms with Crippen molar-refractivity contribution in [3.05, 3.63) is 12.2 Å². The van der Waals surface area contributed by atoms with Gasteiger partial charge in [0, 0.05) is 25.6 Å². The van der Waals surface area contributed by atoms with Gasteiger partial charge < -0.3 is 10.6 Å². The van der Waals surface area contributed by atoms with Crippen LogP contribution in [0.25, 0.3) is 0 Å². The molecule has 0 aliphatic carbocycles. The fraction of sp³-hybridized carbons (Fsp3) is 0.750. The molecular weight excluding hydrogens is 433 g/mol. The Morgan fingerprint density at radius 2 is 2.30 bits per heavy atom. The summed E-state index contributed by atoms with van der Waals surface area (Å²) in [4.78, 5) is 8.58. The number of hydrogen-bond acceptors (Lipinski definition) is 5. The minimum absolute atomic E-state index is 0. The number of halogens is 1. The Bertz CT molecular complexity index is 617. The van der Waals surface area contributed by atoms with Gasteiger partial charge in [0.15, 0.2) is 5.96 Å². The van der Waals surface area contributed by atoms with Crippen molar-refractivity contribution in [2.75, 3.05) is 25.9 Å². The van der Waals surface area contributed by atoms with Crippen LogP contribution in [0, 0.1) is 0 Å². The van der Waals surface area contributed by atoms with Crippen molar-refractivity contribution in [1.29, 1.82) is 0 Å². The van der Waals surface area contributed by atoms with Crippen molar-refractivity contribution < 1.29 is 8.42 Å². The van der Waals surface area contributed by atoms with Gasteiger partial charge in [0.25, 0.3) is 0 Å². The van der Waals surface area contributed by atoms with Crippen LogP contribution in [-0.2, 0) is 23.0 Å². The first kappa shape index (κ1) is 20.1. The summed E-state index contributed by atoms with van der Waals surface area (Å²) in [7, 11) is -3.17. The summed E-state index contributed by atoms with van der Waals surface area (Å²) < 4.78 is 26.3. The second-order valence-electron chi connectivity index (χ2n) is 5.17. The van der Waals surface area contributed by atoms with E-state index >= 15 is 0 Å². The molecule has 0 spiro atoms. The lowest BCUT2D eigenvalue weighted by Crippen LogP contribution is -2.47. The maximum Gasteiger partial charge on any atom is 0.208 e. The minimum atomic E-state index is -3.17. The van der Waals surface area contributed by atoms with Crippen LogP contribution in [0.3, 0.4) is 0 Å². The molecule has 9 nitrogen and oxygen atoms in total. The zero-order valence-corrected chi connectivity index (χ0v) is 16.5. The van der Waals surface area contributed by atoms with Crippen LogP contribution in [0.15, 0.2) is 11.3 Å². The van der Waals surface area contributed by atoms with Gasteiger partial charge in [0.2, 0.25) is 10.0 Å². The van der Waals surface area contributed by atoms with E-state index in [0.29, 0.717) is 12.5 Å². The van der Waals surface area contributed by atoms with E-state index in [0.717, 1.165) is 38.0 Å². The van der Waals surface area contributed by atoms with Crippen LogP contribution in [0.5, 0.6) is 0 Å². The predicted octanol–water partition coefficient (Wildman–Crippen LogP) is -0.685. The number of guanidine groups is 1. The van der Waals surface area contributed by atoms with E-state index in [1.807, 2.05) is 11.6 Å². The van der Waals surface area contributed by atoms with E-state index < -0.39 is 10.0 Å². The molecule has 11 heteroatoms. The fourth-order valence-corrected chi connectivity index (χ4v) is 2.73. The molecule has 1 atom stereocenters. The van der Waals surface area contributed by atoms with Crippen LogP contribution >= 0.6 is 24.0 Å². The first-order valence-corrected chi connectivity index (χ1v) is 9.23. The summed E-state index contributed by atoms with van der Waals surface area (Å²) in [5, 5.41) is 10.7. The Morgan fingerprint density at radius 1 is 1.52 bits per heavy atom. The van der Waals surface area contributed by atoms with E-state index in [1.165, 1.54) is 0 Å². The molecule has 0 radical (unpaired) electrons. The van der Waals surface area contributed by atoms with Gasteiger partial charge in [-0.25, -0.2) is 22.8 Å². The molecule has 1 aromatic rings. The Balaban J connectivity index is 0.00000264. The number of sulfonamides is 1. The molecule has 0 amide bonds. The maximum atomic E-state index is 11.0. The van der Waals surface area contributed by atoms with E-state index in [4.69, 9.17) is 0 Å². The van der Waals surface area contributed by atoms with Gasteiger partial charge in [0.05, 0.1) is 19.3 Å². The topological polar surface area (TPSA) is 113 Å². The minimum Gasteiger partial charge on any atom is -0.357 e.